The van der Waals surface area contributed by atoms with Crippen molar-refractivity contribution in [3.05, 3.63) is 36.3 Å². The van der Waals surface area contributed by atoms with E-state index in [4.69, 9.17) is 5.73 Å². The van der Waals surface area contributed by atoms with Crippen LogP contribution in [0.2, 0.25) is 0 Å². The molecule has 1 heterocycles. The molecule has 0 amide bonds. The summed E-state index contributed by atoms with van der Waals surface area (Å²) in [6, 6.07) is 5.13. The number of anilines is 2. The molecule has 0 saturated carbocycles. The number of hydrogen-bond donors (Lipinski definition) is 2. The van der Waals surface area contributed by atoms with Crippen LogP contribution in [-0.2, 0) is 17.1 Å². The summed E-state index contributed by atoms with van der Waals surface area (Å²) in [5.74, 6) is -0.643. The molecule has 2 aromatic rings. The number of benzene rings is 1. The van der Waals surface area contributed by atoms with Crippen LogP contribution in [0.15, 0.2) is 35.4 Å². The van der Waals surface area contributed by atoms with Crippen LogP contribution in [0.25, 0.3) is 0 Å². The van der Waals surface area contributed by atoms with Gasteiger partial charge in [0, 0.05) is 13.2 Å². The van der Waals surface area contributed by atoms with Crippen molar-refractivity contribution < 1.29 is 12.8 Å². The van der Waals surface area contributed by atoms with E-state index in [-0.39, 0.29) is 16.4 Å². The molecule has 0 atom stereocenters. The van der Waals surface area contributed by atoms with Gasteiger partial charge in [0.15, 0.2) is 5.82 Å². The van der Waals surface area contributed by atoms with Crippen LogP contribution in [-0.4, -0.2) is 18.2 Å². The lowest BCUT2D eigenvalue weighted by Crippen LogP contribution is -2.14. The third-order valence-corrected chi connectivity index (χ3v) is 3.59. The molecule has 1 aromatic carbocycles. The average Bonchev–Trinajstić information content (AvgIpc) is 2.58. The molecule has 0 aliphatic carbocycles. The van der Waals surface area contributed by atoms with Crippen molar-refractivity contribution >= 4 is 21.5 Å². The average molecular weight is 270 g/mol. The van der Waals surface area contributed by atoms with Gasteiger partial charge in [-0.2, -0.15) is 5.10 Å². The molecule has 0 saturated heterocycles. The number of aryl methyl sites for hydroxylation is 1. The Labute approximate surface area is 103 Å². The SMILES string of the molecule is Cn1cc(S(=O)(=O)Nc2cccc(F)c2)c(N)n1. The summed E-state index contributed by atoms with van der Waals surface area (Å²) in [6.45, 7) is 0. The summed E-state index contributed by atoms with van der Waals surface area (Å²) in [5, 5.41) is 3.74. The topological polar surface area (TPSA) is 90.0 Å². The minimum atomic E-state index is -3.86. The van der Waals surface area contributed by atoms with E-state index in [0.717, 1.165) is 6.07 Å². The van der Waals surface area contributed by atoms with Crippen molar-refractivity contribution in [2.75, 3.05) is 10.5 Å². The van der Waals surface area contributed by atoms with Crippen molar-refractivity contribution in [2.45, 2.75) is 4.90 Å². The highest BCUT2D eigenvalue weighted by Crippen LogP contribution is 2.20. The Hall–Kier alpha value is -2.09. The second kappa shape index (κ2) is 4.30. The van der Waals surface area contributed by atoms with Crippen LogP contribution in [0.1, 0.15) is 0 Å². The van der Waals surface area contributed by atoms with Crippen LogP contribution in [0.5, 0.6) is 0 Å². The van der Waals surface area contributed by atoms with Crippen molar-refractivity contribution in [1.29, 1.82) is 0 Å². The van der Waals surface area contributed by atoms with Gasteiger partial charge in [-0.25, -0.2) is 12.8 Å². The fraction of sp³-hybridized carbons (Fsp3) is 0.100. The van der Waals surface area contributed by atoms with Crippen molar-refractivity contribution in [2.24, 2.45) is 7.05 Å². The Morgan fingerprint density at radius 2 is 2.17 bits per heavy atom. The maximum atomic E-state index is 13.0. The summed E-state index contributed by atoms with van der Waals surface area (Å²) < 4.78 is 40.4. The monoisotopic (exact) mass is 270 g/mol. The third kappa shape index (κ3) is 2.43. The third-order valence-electron chi connectivity index (χ3n) is 2.19. The number of halogens is 1. The number of nitrogens with two attached hydrogens (primary N) is 1. The molecule has 8 heteroatoms. The van der Waals surface area contributed by atoms with E-state index in [1.807, 2.05) is 0 Å². The maximum absolute atomic E-state index is 13.0. The second-order valence-corrected chi connectivity index (χ2v) is 5.32. The van der Waals surface area contributed by atoms with Gasteiger partial charge in [0.25, 0.3) is 10.0 Å². The molecule has 0 unspecified atom stereocenters. The fourth-order valence-corrected chi connectivity index (χ4v) is 2.61. The van der Waals surface area contributed by atoms with Gasteiger partial charge in [0.1, 0.15) is 10.7 Å². The molecule has 0 spiro atoms. The van der Waals surface area contributed by atoms with Gasteiger partial charge in [0.2, 0.25) is 0 Å². The second-order valence-electron chi connectivity index (χ2n) is 3.67. The lowest BCUT2D eigenvalue weighted by atomic mass is 10.3. The molecule has 0 radical (unpaired) electrons. The highest BCUT2D eigenvalue weighted by Gasteiger charge is 2.20. The molecule has 3 N–H and O–H groups in total. The van der Waals surface area contributed by atoms with Gasteiger partial charge in [0.05, 0.1) is 5.69 Å². The number of aromatic nitrogens is 2. The maximum Gasteiger partial charge on any atom is 0.267 e. The Morgan fingerprint density at radius 3 is 2.72 bits per heavy atom. The molecule has 0 aliphatic heterocycles. The van der Waals surface area contributed by atoms with E-state index < -0.39 is 15.8 Å². The zero-order valence-electron chi connectivity index (χ0n) is 9.46. The molecule has 2 rings (SSSR count). The molecule has 6 nitrogen and oxygen atoms in total. The van der Waals surface area contributed by atoms with Gasteiger partial charge >= 0.3 is 0 Å². The minimum absolute atomic E-state index is 0.110. The lowest BCUT2D eigenvalue weighted by molar-refractivity contribution is 0.601. The Morgan fingerprint density at radius 1 is 1.44 bits per heavy atom. The molecule has 0 bridgehead atoms. The Kier molecular flexibility index (Phi) is 2.95. The summed E-state index contributed by atoms with van der Waals surface area (Å²) in [6.07, 6.45) is 1.27. The summed E-state index contributed by atoms with van der Waals surface area (Å²) in [7, 11) is -2.31. The van der Waals surface area contributed by atoms with E-state index in [2.05, 4.69) is 9.82 Å². The highest BCUT2D eigenvalue weighted by molar-refractivity contribution is 7.92. The molecule has 1 aromatic heterocycles. The number of rotatable bonds is 3. The summed E-state index contributed by atoms with van der Waals surface area (Å²) >= 11 is 0. The fourth-order valence-electron chi connectivity index (χ4n) is 1.45. The number of hydrogen-bond acceptors (Lipinski definition) is 4. The highest BCUT2D eigenvalue weighted by atomic mass is 32.2. The van der Waals surface area contributed by atoms with E-state index in [1.165, 1.54) is 29.1 Å². The van der Waals surface area contributed by atoms with E-state index >= 15 is 0 Å². The van der Waals surface area contributed by atoms with Gasteiger partial charge < -0.3 is 5.73 Å². The van der Waals surface area contributed by atoms with Crippen LogP contribution in [0.3, 0.4) is 0 Å². The first-order valence-electron chi connectivity index (χ1n) is 4.96. The van der Waals surface area contributed by atoms with Crippen LogP contribution < -0.4 is 10.5 Å². The van der Waals surface area contributed by atoms with Crippen molar-refractivity contribution in [3.8, 4) is 0 Å². The smallest absolute Gasteiger partial charge is 0.267 e. The van der Waals surface area contributed by atoms with Gasteiger partial charge in [-0.15, -0.1) is 0 Å². The summed E-state index contributed by atoms with van der Waals surface area (Å²) in [4.78, 5) is -0.144. The predicted molar refractivity (Wildman–Crippen MR) is 64.8 cm³/mol. The number of nitrogens with zero attached hydrogens (tertiary/aromatic N) is 2. The van der Waals surface area contributed by atoms with Gasteiger partial charge in [-0.05, 0) is 18.2 Å². The number of nitrogen functional groups attached to an aromatic ring is 1. The molecule has 0 aliphatic rings. The Bertz CT molecular complexity index is 681. The lowest BCUT2D eigenvalue weighted by Gasteiger charge is -2.06. The van der Waals surface area contributed by atoms with Crippen molar-refractivity contribution in [1.82, 2.24) is 9.78 Å². The van der Waals surface area contributed by atoms with Gasteiger partial charge in [-0.1, -0.05) is 6.07 Å². The Balaban J connectivity index is 2.36. The standard InChI is InChI=1S/C10H11FN4O2S/c1-15-6-9(10(12)13-15)18(16,17)14-8-4-2-3-7(11)5-8/h2-6,14H,1H3,(H2,12,13). The van der Waals surface area contributed by atoms with E-state index in [1.54, 1.807) is 7.05 Å². The zero-order chi connectivity index (χ0) is 13.3. The largest absolute Gasteiger partial charge is 0.381 e. The minimum Gasteiger partial charge on any atom is -0.381 e. The zero-order valence-corrected chi connectivity index (χ0v) is 10.3. The molecule has 0 fully saturated rings. The number of sulfonamides is 1. The van der Waals surface area contributed by atoms with Crippen molar-refractivity contribution in [3.63, 3.8) is 0 Å². The molecular formula is C10H11FN4O2S. The summed E-state index contributed by atoms with van der Waals surface area (Å²) in [5.41, 5.74) is 5.61. The molecule has 96 valence electrons. The first-order valence-corrected chi connectivity index (χ1v) is 6.44. The normalized spacial score (nSPS) is 11.4. The van der Waals surface area contributed by atoms with Crippen LogP contribution in [0.4, 0.5) is 15.9 Å². The van der Waals surface area contributed by atoms with E-state index in [9.17, 15) is 12.8 Å². The van der Waals surface area contributed by atoms with Gasteiger partial charge in [-0.3, -0.25) is 9.40 Å². The van der Waals surface area contributed by atoms with E-state index in [0.29, 0.717) is 0 Å². The predicted octanol–water partition coefficient (Wildman–Crippen LogP) is 0.942. The van der Waals surface area contributed by atoms with Crippen LogP contribution >= 0.6 is 0 Å². The quantitative estimate of drug-likeness (QED) is 0.868. The first-order chi connectivity index (χ1) is 8.38. The molecular weight excluding hydrogens is 259 g/mol. The molecule has 18 heavy (non-hydrogen) atoms. The first kappa shape index (κ1) is 12.4. The van der Waals surface area contributed by atoms with Crippen LogP contribution in [0, 0.1) is 5.82 Å². The number of nitrogens with one attached hydrogen (secondary N) is 1.